The lowest BCUT2D eigenvalue weighted by Crippen LogP contribution is -2.38. The highest BCUT2D eigenvalue weighted by Crippen LogP contribution is 2.04. The average molecular weight is 351 g/mol. The molecule has 0 aliphatic carbocycles. The third-order valence-corrected chi connectivity index (χ3v) is 3.96. The molecule has 0 aliphatic heterocycles. The maximum Gasteiger partial charge on any atom is 0.332 e. The van der Waals surface area contributed by atoms with Gasteiger partial charge >= 0.3 is 5.69 Å². The van der Waals surface area contributed by atoms with Crippen molar-refractivity contribution in [2.75, 3.05) is 19.8 Å². The molecule has 0 atom stereocenters. The van der Waals surface area contributed by atoms with Crippen LogP contribution in [-0.4, -0.2) is 44.4 Å². The summed E-state index contributed by atoms with van der Waals surface area (Å²) in [5.74, 6) is -0.219. The number of nitrogens with zero attached hydrogens (tertiary/aromatic N) is 4. The van der Waals surface area contributed by atoms with E-state index in [4.69, 9.17) is 4.74 Å². The van der Waals surface area contributed by atoms with E-state index in [1.165, 1.54) is 22.5 Å². The minimum absolute atomic E-state index is 0.0271. The maximum atomic E-state index is 12.3. The lowest BCUT2D eigenvalue weighted by atomic mass is 10.3. The molecule has 25 heavy (non-hydrogen) atoms. The summed E-state index contributed by atoms with van der Waals surface area (Å²) in [5, 5.41) is 2.79. The lowest BCUT2D eigenvalue weighted by Gasteiger charge is -2.08. The van der Waals surface area contributed by atoms with Crippen molar-refractivity contribution in [2.45, 2.75) is 32.7 Å². The van der Waals surface area contributed by atoms with Crippen molar-refractivity contribution < 1.29 is 9.53 Å². The summed E-state index contributed by atoms with van der Waals surface area (Å²) in [5.41, 5.74) is -0.407. The molecule has 0 unspecified atom stereocenters. The third kappa shape index (κ3) is 4.36. The Labute approximate surface area is 145 Å². The van der Waals surface area contributed by atoms with Crippen molar-refractivity contribution in [3.63, 3.8) is 0 Å². The Kier molecular flexibility index (Phi) is 6.51. The monoisotopic (exact) mass is 351 g/mol. The van der Waals surface area contributed by atoms with E-state index in [0.29, 0.717) is 13.2 Å². The van der Waals surface area contributed by atoms with Gasteiger partial charge in [-0.25, -0.2) is 9.78 Å². The molecule has 9 nitrogen and oxygen atoms in total. The summed E-state index contributed by atoms with van der Waals surface area (Å²) < 4.78 is 9.19. The highest BCUT2D eigenvalue weighted by molar-refractivity contribution is 5.78. The Balaban J connectivity index is 1.96. The molecule has 2 rings (SSSR count). The van der Waals surface area contributed by atoms with Gasteiger partial charge in [0, 0.05) is 33.9 Å². The van der Waals surface area contributed by atoms with Crippen LogP contribution in [0, 0.1) is 0 Å². The largest absolute Gasteiger partial charge is 0.381 e. The average Bonchev–Trinajstić information content (AvgIpc) is 3.01. The van der Waals surface area contributed by atoms with E-state index in [-0.39, 0.29) is 23.6 Å². The number of amides is 1. The van der Waals surface area contributed by atoms with Crippen molar-refractivity contribution in [1.29, 1.82) is 0 Å². The van der Waals surface area contributed by atoms with Gasteiger partial charge in [-0.1, -0.05) is 13.3 Å². The van der Waals surface area contributed by atoms with Gasteiger partial charge in [-0.05, 0) is 12.8 Å². The standard InChI is InChI=1S/C16H25N5O4/c1-4-5-8-25-9-6-7-17-12(22)10-21-11-18-14-13(21)15(23)20(3)16(24)19(14)2/h11H,4-10H2,1-3H3,(H,17,22). The van der Waals surface area contributed by atoms with Gasteiger partial charge in [0.25, 0.3) is 5.56 Å². The van der Waals surface area contributed by atoms with E-state index in [1.54, 1.807) is 7.05 Å². The van der Waals surface area contributed by atoms with E-state index < -0.39 is 11.2 Å². The summed E-state index contributed by atoms with van der Waals surface area (Å²) >= 11 is 0. The minimum atomic E-state index is -0.465. The molecule has 1 N–H and O–H groups in total. The smallest absolute Gasteiger partial charge is 0.332 e. The first-order chi connectivity index (χ1) is 12.0. The van der Waals surface area contributed by atoms with E-state index >= 15 is 0 Å². The number of hydrogen-bond donors (Lipinski definition) is 1. The van der Waals surface area contributed by atoms with Crippen LogP contribution in [0.4, 0.5) is 0 Å². The summed E-state index contributed by atoms with van der Waals surface area (Å²) in [6, 6.07) is 0. The third-order valence-electron chi connectivity index (χ3n) is 3.96. The second kappa shape index (κ2) is 8.61. The van der Waals surface area contributed by atoms with Crippen LogP contribution in [0.25, 0.3) is 11.2 Å². The van der Waals surface area contributed by atoms with Gasteiger partial charge < -0.3 is 14.6 Å². The van der Waals surface area contributed by atoms with Gasteiger partial charge in [0.15, 0.2) is 11.2 Å². The van der Waals surface area contributed by atoms with Gasteiger partial charge in [0.2, 0.25) is 5.91 Å². The van der Waals surface area contributed by atoms with Crippen molar-refractivity contribution >= 4 is 17.1 Å². The van der Waals surface area contributed by atoms with E-state index in [1.807, 2.05) is 0 Å². The van der Waals surface area contributed by atoms with Gasteiger partial charge in [-0.2, -0.15) is 0 Å². The SMILES string of the molecule is CCCCOCCCNC(=O)Cn1cnc2c1c(=O)n(C)c(=O)n2C. The summed E-state index contributed by atoms with van der Waals surface area (Å²) in [7, 11) is 2.94. The van der Waals surface area contributed by atoms with Crippen LogP contribution in [0.15, 0.2) is 15.9 Å². The normalized spacial score (nSPS) is 11.2. The maximum absolute atomic E-state index is 12.3. The lowest BCUT2D eigenvalue weighted by molar-refractivity contribution is -0.121. The van der Waals surface area contributed by atoms with Gasteiger partial charge in [-0.3, -0.25) is 18.7 Å². The van der Waals surface area contributed by atoms with Crippen LogP contribution in [0.2, 0.25) is 0 Å². The molecule has 138 valence electrons. The van der Waals surface area contributed by atoms with Gasteiger partial charge in [0.1, 0.15) is 6.54 Å². The molecule has 9 heteroatoms. The quantitative estimate of drug-likeness (QED) is 0.628. The molecule has 2 aromatic rings. The number of nitrogens with one attached hydrogen (secondary N) is 1. The van der Waals surface area contributed by atoms with Gasteiger partial charge in [0.05, 0.1) is 6.33 Å². The Morgan fingerprint density at radius 3 is 2.64 bits per heavy atom. The number of imidazole rings is 1. The number of fused-ring (bicyclic) bond motifs is 1. The molecule has 2 aromatic heterocycles. The Morgan fingerprint density at radius 2 is 1.92 bits per heavy atom. The fourth-order valence-corrected chi connectivity index (χ4v) is 2.48. The van der Waals surface area contributed by atoms with Crippen LogP contribution in [0.3, 0.4) is 0 Å². The molecule has 0 bridgehead atoms. The summed E-state index contributed by atoms with van der Waals surface area (Å²) in [6.07, 6.45) is 4.27. The van der Waals surface area contributed by atoms with Crippen LogP contribution in [-0.2, 0) is 30.2 Å². The predicted molar refractivity (Wildman–Crippen MR) is 93.6 cm³/mol. The second-order valence-corrected chi connectivity index (χ2v) is 5.92. The van der Waals surface area contributed by atoms with Crippen LogP contribution < -0.4 is 16.6 Å². The molecule has 0 radical (unpaired) electrons. The number of aryl methyl sites for hydroxylation is 1. The Morgan fingerprint density at radius 1 is 1.20 bits per heavy atom. The summed E-state index contributed by atoms with van der Waals surface area (Å²) in [6.45, 7) is 3.94. The van der Waals surface area contributed by atoms with E-state index in [0.717, 1.165) is 30.4 Å². The molecular formula is C16H25N5O4. The van der Waals surface area contributed by atoms with Crippen molar-refractivity contribution in [3.8, 4) is 0 Å². The molecule has 2 heterocycles. The number of carbonyl (C=O) groups excluding carboxylic acids is 1. The number of aromatic nitrogens is 4. The Hall–Kier alpha value is -2.42. The molecular weight excluding hydrogens is 326 g/mol. The first kappa shape index (κ1) is 18.9. The number of rotatable bonds is 9. The second-order valence-electron chi connectivity index (χ2n) is 5.92. The zero-order valence-electron chi connectivity index (χ0n) is 14.9. The number of hydrogen-bond acceptors (Lipinski definition) is 5. The van der Waals surface area contributed by atoms with Crippen LogP contribution in [0.1, 0.15) is 26.2 Å². The molecule has 0 aromatic carbocycles. The summed E-state index contributed by atoms with van der Waals surface area (Å²) in [4.78, 5) is 40.3. The molecule has 0 fully saturated rings. The minimum Gasteiger partial charge on any atom is -0.381 e. The first-order valence-electron chi connectivity index (χ1n) is 8.42. The molecule has 0 aliphatic rings. The van der Waals surface area contributed by atoms with Crippen LogP contribution >= 0.6 is 0 Å². The Bertz CT molecular complexity index is 849. The number of ether oxygens (including phenoxy) is 1. The number of unbranched alkanes of at least 4 members (excludes halogenated alkanes) is 1. The highest BCUT2D eigenvalue weighted by Gasteiger charge is 2.15. The zero-order valence-corrected chi connectivity index (χ0v) is 14.9. The molecule has 0 spiro atoms. The fourth-order valence-electron chi connectivity index (χ4n) is 2.48. The molecule has 0 saturated carbocycles. The van der Waals surface area contributed by atoms with Crippen LogP contribution in [0.5, 0.6) is 0 Å². The van der Waals surface area contributed by atoms with Gasteiger partial charge in [-0.15, -0.1) is 0 Å². The highest BCUT2D eigenvalue weighted by atomic mass is 16.5. The molecule has 1 amide bonds. The van der Waals surface area contributed by atoms with E-state index in [2.05, 4.69) is 17.2 Å². The topological polar surface area (TPSA) is 100 Å². The van der Waals surface area contributed by atoms with Crippen molar-refractivity contribution in [1.82, 2.24) is 24.0 Å². The molecule has 0 saturated heterocycles. The first-order valence-corrected chi connectivity index (χ1v) is 8.42. The fraction of sp³-hybridized carbons (Fsp3) is 0.625. The predicted octanol–water partition coefficient (Wildman–Crippen LogP) is -0.243. The van der Waals surface area contributed by atoms with Crippen molar-refractivity contribution in [3.05, 3.63) is 27.2 Å². The van der Waals surface area contributed by atoms with Crippen molar-refractivity contribution in [2.24, 2.45) is 14.1 Å². The zero-order chi connectivity index (χ0) is 18.4. The van der Waals surface area contributed by atoms with E-state index in [9.17, 15) is 14.4 Å². The number of carbonyl (C=O) groups is 1.